The highest BCUT2D eigenvalue weighted by Gasteiger charge is 2.45. The van der Waals surface area contributed by atoms with E-state index in [1.54, 1.807) is 81.4 Å². The van der Waals surface area contributed by atoms with Crippen molar-refractivity contribution in [1.82, 2.24) is 60.2 Å². The molecule has 3 amide bonds. The summed E-state index contributed by atoms with van der Waals surface area (Å²) in [6.07, 6.45) is 12.6. The lowest BCUT2D eigenvalue weighted by molar-refractivity contribution is -0.126. The second kappa shape index (κ2) is 31.7. The van der Waals surface area contributed by atoms with Gasteiger partial charge in [0.05, 0.1) is 50.7 Å². The van der Waals surface area contributed by atoms with Crippen LogP contribution >= 0.6 is 62.3 Å². The smallest absolute Gasteiger partial charge is 0.272 e. The number of nitrogens with zero attached hydrogens (tertiary/aromatic N) is 9. The van der Waals surface area contributed by atoms with Gasteiger partial charge in [0, 0.05) is 81.4 Å². The molecule has 510 valence electrons. The zero-order valence-corrected chi connectivity index (χ0v) is 59.0. The molecule has 0 radical (unpaired) electrons. The molecule has 6 heterocycles. The van der Waals surface area contributed by atoms with Crippen molar-refractivity contribution in [3.05, 3.63) is 226 Å². The third-order valence-corrected chi connectivity index (χ3v) is 18.9. The van der Waals surface area contributed by atoms with E-state index in [-0.39, 0.29) is 95.4 Å². The van der Waals surface area contributed by atoms with Gasteiger partial charge in [-0.3, -0.25) is 43.2 Å². The molecule has 3 N–H and O–H groups in total. The molecule has 12 rings (SSSR count). The number of amides is 3. The number of hydrogen-bond acceptors (Lipinski definition) is 15. The fourth-order valence-electron chi connectivity index (χ4n) is 13.1. The van der Waals surface area contributed by atoms with E-state index >= 15 is 0 Å². The summed E-state index contributed by atoms with van der Waals surface area (Å²) in [6.45, 7) is 12.0. The van der Waals surface area contributed by atoms with E-state index in [2.05, 4.69) is 62.1 Å². The Balaban J connectivity index is 0.000000161. The highest BCUT2D eigenvalue weighted by atomic mass is 79.9. The molecule has 3 aliphatic rings. The lowest BCUT2D eigenvalue weighted by atomic mass is 9.87. The quantitative estimate of drug-likeness (QED) is 0.0532. The molecule has 3 aliphatic carbocycles. The Bertz CT molecular complexity index is 4430. The first-order chi connectivity index (χ1) is 47.2. The number of pyridine rings is 3. The van der Waals surface area contributed by atoms with Crippen molar-refractivity contribution in [2.75, 3.05) is 19.6 Å². The Hall–Kier alpha value is -9.26. The number of aromatic nitrogens is 9. The van der Waals surface area contributed by atoms with Gasteiger partial charge >= 0.3 is 0 Å². The second-order valence-electron chi connectivity index (χ2n) is 24.6. The Morgan fingerprint density at radius 2 is 0.828 bits per heavy atom. The van der Waals surface area contributed by atoms with Crippen LogP contribution in [-0.4, -0.2) is 116 Å². The summed E-state index contributed by atoms with van der Waals surface area (Å²) in [7, 11) is 0. The number of carbonyl (C=O) groups is 9. The van der Waals surface area contributed by atoms with Gasteiger partial charge in [-0.1, -0.05) is 58.5 Å². The van der Waals surface area contributed by atoms with Crippen LogP contribution in [0.5, 0.6) is 0 Å². The molecule has 0 spiro atoms. The summed E-state index contributed by atoms with van der Waals surface area (Å²) in [5.74, 6) is -6.41. The molecule has 27 heteroatoms. The van der Waals surface area contributed by atoms with Crippen molar-refractivity contribution in [2.24, 2.45) is 17.8 Å². The van der Waals surface area contributed by atoms with E-state index < -0.39 is 47.2 Å². The van der Waals surface area contributed by atoms with Gasteiger partial charge < -0.3 is 16.0 Å². The zero-order chi connectivity index (χ0) is 71.1. The predicted octanol–water partition coefficient (Wildman–Crippen LogP) is 12.4. The van der Waals surface area contributed by atoms with Crippen LogP contribution in [0.2, 0.25) is 20.2 Å². The van der Waals surface area contributed by atoms with Crippen LogP contribution in [0.1, 0.15) is 138 Å². The third-order valence-electron chi connectivity index (χ3n) is 17.6. The Morgan fingerprint density at radius 3 is 1.15 bits per heavy atom. The maximum absolute atomic E-state index is 13.7. The van der Waals surface area contributed by atoms with Crippen molar-refractivity contribution < 1.29 is 47.5 Å². The number of hydrogen-bond donors (Lipinski definition) is 3. The first-order valence-corrected chi connectivity index (χ1v) is 33.9. The number of aryl methyl sites for hydroxylation is 6. The van der Waals surface area contributed by atoms with Crippen molar-refractivity contribution in [1.29, 1.82) is 0 Å². The Morgan fingerprint density at radius 1 is 0.485 bits per heavy atom. The lowest BCUT2D eigenvalue weighted by Crippen LogP contribution is -2.28. The molecule has 0 bridgehead atoms. The molecule has 6 unspecified atom stereocenters. The SMILES string of the molecule is Cc1cc(-n2cc(Cl)cn2)cc(C)c1C1C(=O)CC(CCNC(=O)c2cccc(Br)n2)C1=O.Cc1cc(-n2cc(Cl)cn2)cc(C)c1C1C(=O)CC(CCNC(=O)c2cccc(Cl)n2)C1=O.Cc1cc(-n2cc(Cl)cn2)cc(C)c1C1C(=O)CC(CCNC(=O)c2ncccc2F)C1=O. The van der Waals surface area contributed by atoms with Crippen LogP contribution in [-0.2, 0) is 28.8 Å². The molecule has 3 aromatic carbocycles. The van der Waals surface area contributed by atoms with E-state index in [4.69, 9.17) is 46.4 Å². The molecule has 21 nitrogen and oxygen atoms in total. The highest BCUT2D eigenvalue weighted by Crippen LogP contribution is 2.41. The van der Waals surface area contributed by atoms with E-state index in [1.165, 1.54) is 18.5 Å². The van der Waals surface area contributed by atoms with Crippen LogP contribution in [0.4, 0.5) is 4.39 Å². The van der Waals surface area contributed by atoms with Gasteiger partial charge in [-0.05, 0) is 200 Å². The van der Waals surface area contributed by atoms with Gasteiger partial charge in [0.15, 0.2) is 28.9 Å². The maximum atomic E-state index is 13.7. The molecule has 3 saturated carbocycles. The van der Waals surface area contributed by atoms with Gasteiger partial charge in [0.25, 0.3) is 17.7 Å². The molecule has 6 aromatic heterocycles. The molecule has 6 atom stereocenters. The minimum atomic E-state index is -0.825. The number of nitrogens with one attached hydrogen (secondary N) is 3. The molecular formula is C72H66BrCl4FN12O9. The second-order valence-corrected chi connectivity index (χ2v) is 27.1. The monoisotopic (exact) mass is 1480 g/mol. The van der Waals surface area contributed by atoms with Crippen LogP contribution in [0, 0.1) is 65.1 Å². The third kappa shape index (κ3) is 16.9. The summed E-state index contributed by atoms with van der Waals surface area (Å²) < 4.78 is 19.2. The number of rotatable bonds is 18. The number of halogens is 6. The number of benzene rings is 3. The summed E-state index contributed by atoms with van der Waals surface area (Å²) in [4.78, 5) is 126. The summed E-state index contributed by atoms with van der Waals surface area (Å²) in [5, 5.41) is 22.6. The topological polar surface area (TPSA) is 282 Å². The number of Topliss-reactive ketones (excluding diaryl/α,β-unsaturated/α-hetero) is 6. The minimum absolute atomic E-state index is 0.0777. The van der Waals surface area contributed by atoms with E-state index in [1.807, 2.05) is 77.9 Å². The standard InChI is InChI=1S/C24H22BrClN4O3.C24H22Cl2N4O3.C24H22ClFN4O3/c1-13-8-17(30-12-16(26)11-28-30)9-14(2)21(13)22-19(31)10-15(23(22)32)6-7-27-24(33)18-4-3-5-20(25)29-18;1-13-8-17(30-12-16(25)11-28-30)9-14(2)21(13)22-19(31)10-15(23(22)32)6-7-27-24(33)18-4-3-5-20(26)29-18;1-13-8-17(30-12-16(25)11-29-30)9-14(2)20(13)21-19(31)10-15(23(21)32)5-7-28-24(33)22-18(26)4-3-6-27-22/h2*3-5,8-9,11-12,15,22H,6-7,10H2,1-2H3,(H,27,33);3-4,6,8-9,11-12,15,21H,5,7,10H2,1-2H3,(H,28,33). The first kappa shape index (κ1) is 72.5. The van der Waals surface area contributed by atoms with Crippen LogP contribution in [0.25, 0.3) is 17.1 Å². The van der Waals surface area contributed by atoms with E-state index in [9.17, 15) is 47.5 Å². The largest absolute Gasteiger partial charge is 0.351 e. The lowest BCUT2D eigenvalue weighted by Gasteiger charge is -2.17. The summed E-state index contributed by atoms with van der Waals surface area (Å²) >= 11 is 27.0. The van der Waals surface area contributed by atoms with Crippen LogP contribution < -0.4 is 16.0 Å². The van der Waals surface area contributed by atoms with E-state index in [0.717, 1.165) is 67.6 Å². The molecule has 99 heavy (non-hydrogen) atoms. The normalized spacial score (nSPS) is 18.1. The van der Waals surface area contributed by atoms with Crippen molar-refractivity contribution in [3.8, 4) is 17.1 Å². The fourth-order valence-corrected chi connectivity index (χ4v) is 14.0. The molecule has 0 saturated heterocycles. The molecule has 0 aliphatic heterocycles. The van der Waals surface area contributed by atoms with Crippen LogP contribution in [0.3, 0.4) is 0 Å². The zero-order valence-electron chi connectivity index (χ0n) is 54.4. The fraction of sp³-hybridized carbons (Fsp3) is 0.292. The average Bonchev–Trinajstić information content (AvgIpc) is 1.70. The predicted molar refractivity (Wildman–Crippen MR) is 373 cm³/mol. The van der Waals surface area contributed by atoms with Gasteiger partial charge in [-0.25, -0.2) is 33.4 Å². The van der Waals surface area contributed by atoms with Crippen LogP contribution in [0.15, 0.2) is 133 Å². The summed E-state index contributed by atoms with van der Waals surface area (Å²) in [5.41, 5.74) is 9.92. The Kier molecular flexibility index (Phi) is 23.2. The highest BCUT2D eigenvalue weighted by molar-refractivity contribution is 9.10. The summed E-state index contributed by atoms with van der Waals surface area (Å²) in [6, 6.07) is 23.8. The van der Waals surface area contributed by atoms with Crippen molar-refractivity contribution in [3.63, 3.8) is 0 Å². The average molecular weight is 1480 g/mol. The molecule has 9 aromatic rings. The molecule has 3 fully saturated rings. The Labute approximate surface area is 597 Å². The molecular weight excluding hydrogens is 1420 g/mol. The number of ketones is 6. The van der Waals surface area contributed by atoms with Gasteiger partial charge in [0.1, 0.15) is 56.2 Å². The van der Waals surface area contributed by atoms with Gasteiger partial charge in [-0.15, -0.1) is 0 Å². The van der Waals surface area contributed by atoms with Crippen molar-refractivity contribution >= 4 is 115 Å². The van der Waals surface area contributed by atoms with Gasteiger partial charge in [-0.2, -0.15) is 15.3 Å². The number of carbonyl (C=O) groups excluding carboxylic acids is 9. The van der Waals surface area contributed by atoms with Gasteiger partial charge in [0.2, 0.25) is 0 Å². The maximum Gasteiger partial charge on any atom is 0.272 e. The first-order valence-electron chi connectivity index (χ1n) is 31.6. The van der Waals surface area contributed by atoms with Crippen molar-refractivity contribution in [2.45, 2.75) is 97.8 Å². The minimum Gasteiger partial charge on any atom is -0.351 e. The van der Waals surface area contributed by atoms with E-state index in [0.29, 0.717) is 56.7 Å².